The summed E-state index contributed by atoms with van der Waals surface area (Å²) in [6.07, 6.45) is 10.5. The van der Waals surface area contributed by atoms with E-state index in [0.717, 1.165) is 36.9 Å². The number of rotatable bonds is 16. The Morgan fingerprint density at radius 2 is 1.75 bits per heavy atom. The van der Waals surface area contributed by atoms with Gasteiger partial charge >= 0.3 is 0 Å². The largest absolute Gasteiger partial charge is 0.493 e. The number of methoxy groups -OCH3 is 2. The molecule has 4 heterocycles. The molecule has 3 saturated heterocycles. The van der Waals surface area contributed by atoms with Crippen molar-refractivity contribution in [1.29, 1.82) is 0 Å². The highest BCUT2D eigenvalue weighted by molar-refractivity contribution is 14.1. The summed E-state index contributed by atoms with van der Waals surface area (Å²) in [6, 6.07) is 5.91. The average molecular weight is 922 g/mol. The predicted octanol–water partition coefficient (Wildman–Crippen LogP) is 10.5. The van der Waals surface area contributed by atoms with Crippen molar-refractivity contribution < 1.29 is 42.4 Å². The van der Waals surface area contributed by atoms with Crippen LogP contribution >= 0.6 is 22.6 Å². The maximum atomic E-state index is 9.57. The van der Waals surface area contributed by atoms with Crippen LogP contribution in [0.2, 0.25) is 18.1 Å². The van der Waals surface area contributed by atoms with E-state index in [2.05, 4.69) is 94.0 Å². The Morgan fingerprint density at radius 1 is 1.02 bits per heavy atom. The fraction of sp³-hybridized carbons (Fsp3) is 0.667. The van der Waals surface area contributed by atoms with E-state index in [1.807, 2.05) is 24.3 Å². The van der Waals surface area contributed by atoms with Crippen LogP contribution in [0.25, 0.3) is 6.08 Å². The minimum Gasteiger partial charge on any atom is -0.493 e. The van der Waals surface area contributed by atoms with E-state index in [-0.39, 0.29) is 72.3 Å². The molecule has 3 fully saturated rings. The number of nitrogens with zero attached hydrogens (tertiary/aromatic N) is 1. The van der Waals surface area contributed by atoms with Crippen LogP contribution in [0.4, 0.5) is 0 Å². The van der Waals surface area contributed by atoms with Crippen molar-refractivity contribution in [3.05, 3.63) is 69.5 Å². The second-order valence-electron chi connectivity index (χ2n) is 17.9. The number of halogens is 1. The smallest absolute Gasteiger partial charge is 0.218 e. The number of hydrogen-bond donors (Lipinski definition) is 1. The zero-order valence-corrected chi connectivity index (χ0v) is 39.1. The Balaban J connectivity index is 1.27. The fourth-order valence-corrected chi connectivity index (χ4v) is 10.0. The van der Waals surface area contributed by atoms with Gasteiger partial charge in [0.1, 0.15) is 18.1 Å². The van der Waals surface area contributed by atoms with Gasteiger partial charge in [0.2, 0.25) is 5.89 Å². The van der Waals surface area contributed by atoms with Crippen molar-refractivity contribution in [3.63, 3.8) is 0 Å². The lowest BCUT2D eigenvalue weighted by Gasteiger charge is -2.45. The SMILES string of the molecule is C=C1C[C@H](C[C@@H]2C[C@@H](O[Si](C)(C)C(C)(C)C)C[C@H](c3coc(/C=C/C[C@H]4O[C@@H](/C(C)=C/I)[C@H](C)[C@@H](OCc5ccc(OC)c(OC)c5)[C@H]4C)n3)O2)O[C@@H](CCO)C1. The molecular weight excluding hydrogens is 853 g/mol. The average Bonchev–Trinajstić information content (AvgIpc) is 3.63. The minimum atomic E-state index is -2.04. The summed E-state index contributed by atoms with van der Waals surface area (Å²) in [4.78, 5) is 4.93. The Bertz CT molecular complexity index is 1670. The molecule has 0 amide bonds. The first kappa shape index (κ1) is 46.0. The Labute approximate surface area is 356 Å². The van der Waals surface area contributed by atoms with Gasteiger partial charge in [-0.3, -0.25) is 0 Å². The van der Waals surface area contributed by atoms with Gasteiger partial charge in [-0.2, -0.15) is 0 Å². The second kappa shape index (κ2) is 20.5. The van der Waals surface area contributed by atoms with Gasteiger partial charge in [0, 0.05) is 31.3 Å². The molecule has 0 aliphatic carbocycles. The van der Waals surface area contributed by atoms with Crippen molar-refractivity contribution in [2.45, 2.75) is 160 Å². The Kier molecular flexibility index (Phi) is 16.5. The molecular formula is C45H68INO9Si. The molecule has 0 unspecified atom stereocenters. The van der Waals surface area contributed by atoms with Crippen LogP contribution in [0.3, 0.4) is 0 Å². The van der Waals surface area contributed by atoms with E-state index in [9.17, 15) is 5.11 Å². The molecule has 0 bridgehead atoms. The first-order valence-electron chi connectivity index (χ1n) is 20.7. The maximum absolute atomic E-state index is 9.57. The third kappa shape index (κ3) is 12.0. The Hall–Kier alpha value is -2.04. The highest BCUT2D eigenvalue weighted by Crippen LogP contribution is 2.43. The lowest BCUT2D eigenvalue weighted by atomic mass is 9.80. The molecule has 10 atom stereocenters. The van der Waals surface area contributed by atoms with Crippen LogP contribution in [0, 0.1) is 11.8 Å². The van der Waals surface area contributed by atoms with Gasteiger partial charge in [0.25, 0.3) is 0 Å². The molecule has 318 valence electrons. The molecule has 57 heavy (non-hydrogen) atoms. The minimum absolute atomic E-state index is 0.00440. The maximum Gasteiger partial charge on any atom is 0.218 e. The fourth-order valence-electron chi connectivity index (χ4n) is 8.29. The van der Waals surface area contributed by atoms with Gasteiger partial charge in [-0.25, -0.2) is 4.98 Å². The van der Waals surface area contributed by atoms with Gasteiger partial charge in [0.05, 0.1) is 63.6 Å². The predicted molar refractivity (Wildman–Crippen MR) is 235 cm³/mol. The first-order chi connectivity index (χ1) is 27.0. The van der Waals surface area contributed by atoms with Crippen LogP contribution in [0.1, 0.15) is 110 Å². The molecule has 10 nitrogen and oxygen atoms in total. The van der Waals surface area contributed by atoms with E-state index >= 15 is 0 Å². The van der Waals surface area contributed by atoms with Crippen LogP contribution in [-0.2, 0) is 30.0 Å². The third-order valence-corrected chi connectivity index (χ3v) is 18.0. The number of aliphatic hydroxyl groups is 1. The monoisotopic (exact) mass is 921 g/mol. The van der Waals surface area contributed by atoms with E-state index in [4.69, 9.17) is 42.2 Å². The van der Waals surface area contributed by atoms with Gasteiger partial charge < -0.3 is 42.4 Å². The number of aromatic nitrogens is 1. The highest BCUT2D eigenvalue weighted by Gasteiger charge is 2.44. The molecule has 1 aromatic carbocycles. The number of ether oxygens (including phenoxy) is 6. The zero-order chi connectivity index (χ0) is 41.5. The summed E-state index contributed by atoms with van der Waals surface area (Å²) in [7, 11) is 1.24. The van der Waals surface area contributed by atoms with Crippen LogP contribution in [-0.4, -0.2) is 82.0 Å². The number of benzene rings is 1. The van der Waals surface area contributed by atoms with Crippen molar-refractivity contribution in [2.75, 3.05) is 20.8 Å². The summed E-state index contributed by atoms with van der Waals surface area (Å²) in [5.74, 6) is 2.22. The lowest BCUT2D eigenvalue weighted by Crippen LogP contribution is -2.50. The van der Waals surface area contributed by atoms with Crippen molar-refractivity contribution in [3.8, 4) is 11.5 Å². The van der Waals surface area contributed by atoms with Crippen molar-refractivity contribution in [2.24, 2.45) is 11.8 Å². The molecule has 1 N–H and O–H groups in total. The molecule has 2 aromatic rings. The van der Waals surface area contributed by atoms with Gasteiger partial charge in [0.15, 0.2) is 19.8 Å². The van der Waals surface area contributed by atoms with E-state index < -0.39 is 8.32 Å². The summed E-state index contributed by atoms with van der Waals surface area (Å²) in [5, 5.41) is 9.66. The summed E-state index contributed by atoms with van der Waals surface area (Å²) >= 11 is 2.30. The molecule has 0 spiro atoms. The zero-order valence-electron chi connectivity index (χ0n) is 35.9. The lowest BCUT2D eigenvalue weighted by molar-refractivity contribution is -0.171. The van der Waals surface area contributed by atoms with Crippen LogP contribution in [0.15, 0.2) is 56.8 Å². The number of oxazole rings is 1. The normalized spacial score (nSPS) is 30.5. The highest BCUT2D eigenvalue weighted by atomic mass is 127. The van der Waals surface area contributed by atoms with Crippen LogP contribution in [0.5, 0.6) is 11.5 Å². The molecule has 12 heteroatoms. The first-order valence-corrected chi connectivity index (χ1v) is 24.8. The summed E-state index contributed by atoms with van der Waals surface area (Å²) < 4.78 is 52.8. The van der Waals surface area contributed by atoms with Gasteiger partial charge in [-0.05, 0) is 90.6 Å². The third-order valence-electron chi connectivity index (χ3n) is 12.5. The summed E-state index contributed by atoms with van der Waals surface area (Å²) in [5.41, 5.74) is 4.16. The molecule has 0 saturated carbocycles. The quantitative estimate of drug-likeness (QED) is 0.0993. The van der Waals surface area contributed by atoms with Gasteiger partial charge in [-0.15, -0.1) is 0 Å². The number of aliphatic hydroxyl groups excluding tert-OH is 1. The standard InChI is InChI=1S/C45H68INO9Si/c1-28-19-33(17-18-48)53-34(20-28)22-35-23-36(56-57(10,11)45(5,6)7)24-40(54-35)37-27-51-42(47-37)14-12-13-38-30(3)44(31(4)43(55-38)29(2)25-46)52-26-32-15-16-39(49-8)41(21-32)50-9/h12,14-16,21,25,27,30-31,33-36,38,40,43-44,48H,1,13,17-20,22-24,26H2,2-11H3/b14-12+,29-25+/t30-,31-,33-,34+,35+,36+,38+,40+,43-,44-/m0/s1. The van der Waals surface area contributed by atoms with E-state index in [1.54, 1.807) is 20.5 Å². The number of hydrogen-bond acceptors (Lipinski definition) is 10. The molecule has 0 radical (unpaired) electrons. The molecule has 3 aliphatic rings. The molecule has 5 rings (SSSR count). The van der Waals surface area contributed by atoms with E-state index in [0.29, 0.717) is 43.3 Å². The van der Waals surface area contributed by atoms with Gasteiger partial charge in [-0.1, -0.05) is 81.5 Å². The topological polar surface area (TPSA) is 111 Å². The second-order valence-corrected chi connectivity index (χ2v) is 23.3. The Morgan fingerprint density at radius 3 is 2.44 bits per heavy atom. The van der Waals surface area contributed by atoms with E-state index in [1.165, 1.54) is 11.1 Å². The van der Waals surface area contributed by atoms with Crippen molar-refractivity contribution in [1.82, 2.24) is 4.98 Å². The van der Waals surface area contributed by atoms with Crippen LogP contribution < -0.4 is 9.47 Å². The summed E-state index contributed by atoms with van der Waals surface area (Å²) in [6.45, 7) is 22.9. The molecule has 3 aliphatic heterocycles. The molecule has 1 aromatic heterocycles. The van der Waals surface area contributed by atoms with Crippen molar-refractivity contribution >= 4 is 37.0 Å².